The number of aliphatic hydroxyl groups excluding tert-OH is 1. The van der Waals surface area contributed by atoms with E-state index >= 15 is 0 Å². The van der Waals surface area contributed by atoms with Crippen LogP contribution in [0.25, 0.3) is 0 Å². The third-order valence-corrected chi connectivity index (χ3v) is 1.69. The lowest BCUT2D eigenvalue weighted by atomic mass is 10.2. The first-order chi connectivity index (χ1) is 5.63. The monoisotopic (exact) mass is 172 g/mol. The standard InChI is InChI=1S/C8H12O4/c1-3-7(9)12-6-4-5(2)11-8(6)10/h3,5-6,8,10H,1,4H2,2H3. The summed E-state index contributed by atoms with van der Waals surface area (Å²) in [6, 6.07) is 0. The summed E-state index contributed by atoms with van der Waals surface area (Å²) in [5.41, 5.74) is 0. The number of aliphatic hydroxyl groups is 1. The van der Waals surface area contributed by atoms with E-state index in [1.807, 2.05) is 6.92 Å². The molecule has 1 N–H and O–H groups in total. The van der Waals surface area contributed by atoms with Crippen LogP contribution in [0.2, 0.25) is 0 Å². The zero-order chi connectivity index (χ0) is 9.14. The lowest BCUT2D eigenvalue weighted by Crippen LogP contribution is -2.25. The summed E-state index contributed by atoms with van der Waals surface area (Å²) in [4.78, 5) is 10.7. The lowest BCUT2D eigenvalue weighted by Gasteiger charge is -2.11. The molecule has 1 heterocycles. The molecule has 3 atom stereocenters. The summed E-state index contributed by atoms with van der Waals surface area (Å²) in [6.45, 7) is 5.06. The predicted molar refractivity (Wildman–Crippen MR) is 41.2 cm³/mol. The molecule has 0 bridgehead atoms. The summed E-state index contributed by atoms with van der Waals surface area (Å²) in [7, 11) is 0. The fraction of sp³-hybridized carbons (Fsp3) is 0.625. The van der Waals surface area contributed by atoms with E-state index in [1.165, 1.54) is 0 Å². The largest absolute Gasteiger partial charge is 0.454 e. The molecule has 0 aromatic rings. The number of carbonyl (C=O) groups excluding carboxylic acids is 1. The van der Waals surface area contributed by atoms with Crippen LogP contribution in [0.15, 0.2) is 12.7 Å². The minimum Gasteiger partial charge on any atom is -0.454 e. The maximum absolute atomic E-state index is 10.7. The van der Waals surface area contributed by atoms with Gasteiger partial charge in [-0.05, 0) is 6.92 Å². The average Bonchev–Trinajstić information content (AvgIpc) is 2.30. The molecule has 4 heteroatoms. The van der Waals surface area contributed by atoms with Gasteiger partial charge in [-0.2, -0.15) is 0 Å². The Bertz CT molecular complexity index is 189. The molecular weight excluding hydrogens is 160 g/mol. The van der Waals surface area contributed by atoms with Crippen molar-refractivity contribution in [2.24, 2.45) is 0 Å². The van der Waals surface area contributed by atoms with E-state index in [1.54, 1.807) is 0 Å². The van der Waals surface area contributed by atoms with Crippen LogP contribution >= 0.6 is 0 Å². The molecule has 1 aliphatic rings. The number of ether oxygens (including phenoxy) is 2. The lowest BCUT2D eigenvalue weighted by molar-refractivity contribution is -0.164. The van der Waals surface area contributed by atoms with Crippen molar-refractivity contribution in [3.8, 4) is 0 Å². The van der Waals surface area contributed by atoms with Crippen LogP contribution in [0.1, 0.15) is 13.3 Å². The van der Waals surface area contributed by atoms with Crippen LogP contribution in [0.4, 0.5) is 0 Å². The van der Waals surface area contributed by atoms with Crippen LogP contribution in [-0.4, -0.2) is 29.6 Å². The summed E-state index contributed by atoms with van der Waals surface area (Å²) in [5.74, 6) is -0.531. The van der Waals surface area contributed by atoms with Gasteiger partial charge in [0.25, 0.3) is 0 Å². The van der Waals surface area contributed by atoms with Gasteiger partial charge in [0.2, 0.25) is 0 Å². The third kappa shape index (κ3) is 2.06. The molecule has 0 aromatic heterocycles. The van der Waals surface area contributed by atoms with Crippen LogP contribution < -0.4 is 0 Å². The number of hydrogen-bond acceptors (Lipinski definition) is 4. The summed E-state index contributed by atoms with van der Waals surface area (Å²) in [5, 5.41) is 9.17. The van der Waals surface area contributed by atoms with Crippen molar-refractivity contribution >= 4 is 5.97 Å². The Morgan fingerprint density at radius 2 is 2.50 bits per heavy atom. The zero-order valence-corrected chi connectivity index (χ0v) is 6.90. The Hall–Kier alpha value is -0.870. The Kier molecular flexibility index (Phi) is 2.83. The van der Waals surface area contributed by atoms with E-state index < -0.39 is 18.4 Å². The minimum atomic E-state index is -0.996. The van der Waals surface area contributed by atoms with E-state index in [4.69, 9.17) is 9.47 Å². The zero-order valence-electron chi connectivity index (χ0n) is 6.90. The van der Waals surface area contributed by atoms with Gasteiger partial charge in [-0.15, -0.1) is 0 Å². The second-order valence-corrected chi connectivity index (χ2v) is 2.75. The molecule has 4 nitrogen and oxygen atoms in total. The molecule has 1 fully saturated rings. The second kappa shape index (κ2) is 3.69. The highest BCUT2D eigenvalue weighted by Crippen LogP contribution is 2.20. The number of rotatable bonds is 2. The van der Waals surface area contributed by atoms with Crippen LogP contribution in [0.5, 0.6) is 0 Å². The van der Waals surface area contributed by atoms with Crippen molar-refractivity contribution in [2.75, 3.05) is 0 Å². The molecule has 0 saturated carbocycles. The molecule has 3 unspecified atom stereocenters. The van der Waals surface area contributed by atoms with Gasteiger partial charge in [0.05, 0.1) is 6.10 Å². The van der Waals surface area contributed by atoms with Gasteiger partial charge >= 0.3 is 5.97 Å². The van der Waals surface area contributed by atoms with Crippen molar-refractivity contribution in [2.45, 2.75) is 31.8 Å². The fourth-order valence-electron chi connectivity index (χ4n) is 1.13. The quantitative estimate of drug-likeness (QED) is 0.478. The molecule has 1 rings (SSSR count). The molecule has 0 aromatic carbocycles. The molecule has 0 amide bonds. The maximum Gasteiger partial charge on any atom is 0.330 e. The van der Waals surface area contributed by atoms with Gasteiger partial charge in [-0.1, -0.05) is 6.58 Å². The highest BCUT2D eigenvalue weighted by atomic mass is 16.7. The summed E-state index contributed by atoms with van der Waals surface area (Å²) >= 11 is 0. The normalized spacial score (nSPS) is 34.7. The smallest absolute Gasteiger partial charge is 0.330 e. The van der Waals surface area contributed by atoms with E-state index in [2.05, 4.69) is 6.58 Å². The van der Waals surface area contributed by atoms with Gasteiger partial charge < -0.3 is 14.6 Å². The molecule has 0 aliphatic carbocycles. The highest BCUT2D eigenvalue weighted by Gasteiger charge is 2.33. The summed E-state index contributed by atoms with van der Waals surface area (Å²) < 4.78 is 9.77. The first kappa shape index (κ1) is 9.22. The third-order valence-electron chi connectivity index (χ3n) is 1.69. The first-order valence-electron chi connectivity index (χ1n) is 3.80. The van der Waals surface area contributed by atoms with Gasteiger partial charge in [0, 0.05) is 12.5 Å². The van der Waals surface area contributed by atoms with Crippen LogP contribution in [0, 0.1) is 0 Å². The number of esters is 1. The summed E-state index contributed by atoms with van der Waals surface area (Å²) in [6.07, 6.45) is -0.0202. The van der Waals surface area contributed by atoms with E-state index in [0.29, 0.717) is 6.42 Å². The molecular formula is C8H12O4. The van der Waals surface area contributed by atoms with E-state index in [9.17, 15) is 9.90 Å². The second-order valence-electron chi connectivity index (χ2n) is 2.75. The molecule has 1 aliphatic heterocycles. The van der Waals surface area contributed by atoms with Gasteiger partial charge in [0.15, 0.2) is 12.4 Å². The van der Waals surface area contributed by atoms with Crippen molar-refractivity contribution in [3.05, 3.63) is 12.7 Å². The molecule has 0 radical (unpaired) electrons. The van der Waals surface area contributed by atoms with Crippen molar-refractivity contribution in [1.29, 1.82) is 0 Å². The molecule has 0 spiro atoms. The molecule has 68 valence electrons. The maximum atomic E-state index is 10.7. The van der Waals surface area contributed by atoms with Crippen molar-refractivity contribution in [1.82, 2.24) is 0 Å². The van der Waals surface area contributed by atoms with Gasteiger partial charge in [-0.25, -0.2) is 4.79 Å². The van der Waals surface area contributed by atoms with E-state index in [-0.39, 0.29) is 6.10 Å². The van der Waals surface area contributed by atoms with E-state index in [0.717, 1.165) is 6.08 Å². The highest BCUT2D eigenvalue weighted by molar-refractivity contribution is 5.81. The minimum absolute atomic E-state index is 0.0670. The Balaban J connectivity index is 2.42. The average molecular weight is 172 g/mol. The SMILES string of the molecule is C=CC(=O)OC1CC(C)OC1O. The predicted octanol–water partition coefficient (Wildman–Crippen LogP) is 0.211. The first-order valence-corrected chi connectivity index (χ1v) is 3.80. The molecule has 1 saturated heterocycles. The van der Waals surface area contributed by atoms with Crippen molar-refractivity contribution < 1.29 is 19.4 Å². The molecule has 12 heavy (non-hydrogen) atoms. The topological polar surface area (TPSA) is 55.8 Å². The fourth-order valence-corrected chi connectivity index (χ4v) is 1.13. The Morgan fingerprint density at radius 1 is 1.83 bits per heavy atom. The number of hydrogen-bond donors (Lipinski definition) is 1. The van der Waals surface area contributed by atoms with Crippen LogP contribution in [0.3, 0.4) is 0 Å². The Morgan fingerprint density at radius 3 is 2.92 bits per heavy atom. The van der Waals surface area contributed by atoms with Gasteiger partial charge in [0.1, 0.15) is 0 Å². The number of carbonyl (C=O) groups is 1. The van der Waals surface area contributed by atoms with Crippen LogP contribution in [-0.2, 0) is 14.3 Å². The van der Waals surface area contributed by atoms with Crippen molar-refractivity contribution in [3.63, 3.8) is 0 Å². The Labute approximate surface area is 70.8 Å². The van der Waals surface area contributed by atoms with Gasteiger partial charge in [-0.3, -0.25) is 0 Å².